The van der Waals surface area contributed by atoms with Gasteiger partial charge in [0.05, 0.1) is 0 Å². The SMILES string of the molecule is [C-]#[N+]/C(C#N)=N\c1cc2c(s1)-c1cc3c(cc1OC21CCCCC1)-c1sc(N=C(C#N)C#N)cc1C1(CCCCC1)O3. The van der Waals surface area contributed by atoms with Crippen molar-refractivity contribution in [1.82, 2.24) is 0 Å². The molecule has 0 saturated heterocycles. The molecule has 1 aromatic carbocycles. The summed E-state index contributed by atoms with van der Waals surface area (Å²) in [6, 6.07) is 13.8. The highest BCUT2D eigenvalue weighted by Crippen LogP contribution is 2.61. The van der Waals surface area contributed by atoms with Gasteiger partial charge in [-0.1, -0.05) is 35.7 Å². The molecule has 4 heterocycles. The fraction of sp³-hybridized carbons (Fsp3) is 0.375. The lowest BCUT2D eigenvalue weighted by atomic mass is 9.76. The molecule has 7 rings (SSSR count). The van der Waals surface area contributed by atoms with Crippen LogP contribution in [-0.2, 0) is 11.2 Å². The standard InChI is InChI=1S/C32H24N6O2S2/c1-36-26(18-35)38-28-15-23-30(42-28)21-13-24-20(12-25(21)40-32(23)10-6-3-7-11-32)29-22(31(39-24)8-4-2-5-9-31)14-27(41-29)37-19(16-33)17-34/h12-15H,2-11H2/b38-26-. The number of thiophene rings is 2. The quantitative estimate of drug-likeness (QED) is 0.168. The molecule has 42 heavy (non-hydrogen) atoms. The first kappa shape index (κ1) is 26.4. The summed E-state index contributed by atoms with van der Waals surface area (Å²) in [7, 11) is 0. The first-order valence-corrected chi connectivity index (χ1v) is 15.8. The van der Waals surface area contributed by atoms with Crippen LogP contribution < -0.4 is 9.47 Å². The number of fused-ring (bicyclic) bond motifs is 8. The van der Waals surface area contributed by atoms with Crippen LogP contribution in [0.5, 0.6) is 11.5 Å². The zero-order valence-corrected chi connectivity index (χ0v) is 24.3. The number of benzene rings is 1. The van der Waals surface area contributed by atoms with Gasteiger partial charge in [-0.3, -0.25) is 0 Å². The smallest absolute Gasteiger partial charge is 0.350 e. The predicted octanol–water partition coefficient (Wildman–Crippen LogP) is 8.84. The minimum atomic E-state index is -0.482. The molecule has 0 N–H and O–H groups in total. The zero-order chi connectivity index (χ0) is 28.9. The van der Waals surface area contributed by atoms with E-state index < -0.39 is 11.2 Å². The summed E-state index contributed by atoms with van der Waals surface area (Å²) >= 11 is 2.97. The van der Waals surface area contributed by atoms with Crippen molar-refractivity contribution < 1.29 is 9.47 Å². The van der Waals surface area contributed by atoms with Gasteiger partial charge in [-0.15, -0.1) is 11.3 Å². The van der Waals surface area contributed by atoms with E-state index in [2.05, 4.69) is 27.0 Å². The lowest BCUT2D eigenvalue weighted by Crippen LogP contribution is -2.38. The number of amidine groups is 1. The van der Waals surface area contributed by atoms with Crippen LogP contribution in [0.4, 0.5) is 10.0 Å². The third kappa shape index (κ3) is 4.11. The summed E-state index contributed by atoms with van der Waals surface area (Å²) in [5.41, 5.74) is 2.91. The van der Waals surface area contributed by atoms with Crippen molar-refractivity contribution in [2.75, 3.05) is 0 Å². The van der Waals surface area contributed by atoms with Gasteiger partial charge in [0.25, 0.3) is 0 Å². The summed E-state index contributed by atoms with van der Waals surface area (Å²) < 4.78 is 13.9. The van der Waals surface area contributed by atoms with Gasteiger partial charge < -0.3 is 14.3 Å². The molecule has 2 aliphatic heterocycles. The predicted molar refractivity (Wildman–Crippen MR) is 161 cm³/mol. The van der Waals surface area contributed by atoms with Gasteiger partial charge in [-0.25, -0.2) is 10.3 Å². The van der Waals surface area contributed by atoms with Crippen LogP contribution >= 0.6 is 22.7 Å². The largest absolute Gasteiger partial charge is 0.482 e. The van der Waals surface area contributed by atoms with Crippen molar-refractivity contribution in [3.63, 3.8) is 0 Å². The molecular formula is C32H24N6O2S2. The third-order valence-electron chi connectivity index (χ3n) is 8.78. The van der Waals surface area contributed by atoms with Crippen LogP contribution in [0, 0.1) is 40.6 Å². The van der Waals surface area contributed by atoms with E-state index in [0.717, 1.165) is 108 Å². The van der Waals surface area contributed by atoms with E-state index in [9.17, 15) is 15.8 Å². The zero-order valence-electron chi connectivity index (χ0n) is 22.7. The summed E-state index contributed by atoms with van der Waals surface area (Å²) in [6.45, 7) is 7.29. The van der Waals surface area contributed by atoms with Gasteiger partial charge >= 0.3 is 5.84 Å². The van der Waals surface area contributed by atoms with Crippen LogP contribution in [0.2, 0.25) is 0 Å². The minimum absolute atomic E-state index is 0.165. The Morgan fingerprint density at radius 3 is 1.62 bits per heavy atom. The Balaban J connectivity index is 1.42. The number of nitrogens with zero attached hydrogens (tertiary/aromatic N) is 6. The number of rotatable bonds is 2. The summed E-state index contributed by atoms with van der Waals surface area (Å²) in [5, 5.41) is 29.2. The molecule has 8 nitrogen and oxygen atoms in total. The molecule has 0 radical (unpaired) electrons. The van der Waals surface area contributed by atoms with E-state index in [0.29, 0.717) is 10.0 Å². The summed E-state index contributed by atoms with van der Waals surface area (Å²) in [6.07, 6.45) is 10.1. The van der Waals surface area contributed by atoms with Crippen molar-refractivity contribution >= 4 is 44.2 Å². The molecule has 10 heteroatoms. The molecule has 3 aromatic rings. The van der Waals surface area contributed by atoms with Crippen LogP contribution in [0.3, 0.4) is 0 Å². The van der Waals surface area contributed by atoms with Crippen LogP contribution in [0.15, 0.2) is 34.3 Å². The summed E-state index contributed by atoms with van der Waals surface area (Å²) in [5.74, 6) is 1.39. The molecular weight excluding hydrogens is 565 g/mol. The lowest BCUT2D eigenvalue weighted by Gasteiger charge is -2.44. The molecule has 2 spiro atoms. The van der Waals surface area contributed by atoms with Crippen molar-refractivity contribution in [3.05, 3.63) is 46.8 Å². The maximum absolute atomic E-state index is 9.33. The highest BCUT2D eigenvalue weighted by molar-refractivity contribution is 7.20. The number of aliphatic imine (C=N–C) groups is 2. The first-order chi connectivity index (χ1) is 20.5. The normalized spacial score (nSPS) is 18.8. The Kier molecular flexibility index (Phi) is 6.36. The molecule has 2 aromatic heterocycles. The Labute approximate surface area is 251 Å². The molecule has 4 aliphatic rings. The molecule has 206 valence electrons. The fourth-order valence-corrected chi connectivity index (χ4v) is 9.20. The lowest BCUT2D eigenvalue weighted by molar-refractivity contribution is 0.0203. The van der Waals surface area contributed by atoms with E-state index in [1.54, 1.807) is 0 Å². The van der Waals surface area contributed by atoms with Crippen molar-refractivity contribution in [3.8, 4) is 50.6 Å². The fourth-order valence-electron chi connectivity index (χ4n) is 6.91. The number of ether oxygens (including phenoxy) is 2. The monoisotopic (exact) mass is 588 g/mol. The van der Waals surface area contributed by atoms with Gasteiger partial charge in [0.1, 0.15) is 45.9 Å². The van der Waals surface area contributed by atoms with Gasteiger partial charge in [-0.05, 0) is 69.6 Å². The second kappa shape index (κ2) is 10.1. The van der Waals surface area contributed by atoms with E-state index in [1.807, 2.05) is 30.3 Å². The molecule has 2 fully saturated rings. The van der Waals surface area contributed by atoms with Crippen molar-refractivity contribution in [2.24, 2.45) is 9.98 Å². The first-order valence-electron chi connectivity index (χ1n) is 14.1. The van der Waals surface area contributed by atoms with E-state index in [-0.39, 0.29) is 11.5 Å². The topological polar surface area (TPSA) is 119 Å². The molecule has 0 unspecified atom stereocenters. The maximum Gasteiger partial charge on any atom is 0.350 e. The highest BCUT2D eigenvalue weighted by Gasteiger charge is 2.47. The highest BCUT2D eigenvalue weighted by atomic mass is 32.1. The van der Waals surface area contributed by atoms with Crippen LogP contribution in [-0.4, -0.2) is 11.5 Å². The Hall–Kier alpha value is -4.48. The molecule has 0 amide bonds. The molecule has 0 bridgehead atoms. The van der Waals surface area contributed by atoms with Gasteiger partial charge in [-0.2, -0.15) is 10.5 Å². The second-order valence-electron chi connectivity index (χ2n) is 11.2. The number of hydrogen-bond donors (Lipinski definition) is 0. The molecule has 2 aliphatic carbocycles. The number of hydrogen-bond acceptors (Lipinski definition) is 9. The van der Waals surface area contributed by atoms with E-state index >= 15 is 0 Å². The third-order valence-corrected chi connectivity index (χ3v) is 10.9. The van der Waals surface area contributed by atoms with E-state index in [4.69, 9.17) is 16.0 Å². The average Bonchev–Trinajstić information content (AvgIpc) is 3.65. The second-order valence-corrected chi connectivity index (χ2v) is 13.2. The van der Waals surface area contributed by atoms with Crippen LogP contribution in [0.25, 0.3) is 25.7 Å². The van der Waals surface area contributed by atoms with E-state index in [1.165, 1.54) is 22.7 Å². The average molecular weight is 589 g/mol. The number of nitriles is 3. The van der Waals surface area contributed by atoms with Crippen molar-refractivity contribution in [2.45, 2.75) is 75.4 Å². The van der Waals surface area contributed by atoms with Crippen molar-refractivity contribution in [1.29, 1.82) is 15.8 Å². The molecule has 0 atom stereocenters. The molecule has 2 saturated carbocycles. The minimum Gasteiger partial charge on any atom is -0.482 e. The van der Waals surface area contributed by atoms with Gasteiger partial charge in [0.15, 0.2) is 0 Å². The Bertz CT molecular complexity index is 1690. The summed E-state index contributed by atoms with van der Waals surface area (Å²) in [4.78, 5) is 14.1. The Morgan fingerprint density at radius 1 is 0.714 bits per heavy atom. The van der Waals surface area contributed by atoms with Gasteiger partial charge in [0.2, 0.25) is 10.7 Å². The maximum atomic E-state index is 9.33. The van der Waals surface area contributed by atoms with Crippen LogP contribution in [0.1, 0.15) is 75.3 Å². The van der Waals surface area contributed by atoms with Gasteiger partial charge in [0, 0.05) is 38.1 Å². The Morgan fingerprint density at radius 2 is 1.19 bits per heavy atom.